The van der Waals surface area contributed by atoms with E-state index in [1.54, 1.807) is 5.51 Å². The smallest absolute Gasteiger partial charge is 0.286 e. The highest BCUT2D eigenvalue weighted by atomic mass is 32.1. The fraction of sp³-hybridized carbons (Fsp3) is 0.167. The Bertz CT molecular complexity index is 751. The Balaban J connectivity index is 1.76. The second kappa shape index (κ2) is 5.51. The molecule has 1 amide bonds. The molecule has 0 unspecified atom stereocenters. The van der Waals surface area contributed by atoms with Gasteiger partial charge in [-0.25, -0.2) is 4.98 Å². The molecule has 0 spiro atoms. The number of hydrogen-bond donors (Lipinski definition) is 2. The molecule has 1 aromatic carbocycles. The highest BCUT2D eigenvalue weighted by molar-refractivity contribution is 7.17. The van der Waals surface area contributed by atoms with Gasteiger partial charge >= 0.3 is 0 Å². The number of amides is 1. The van der Waals surface area contributed by atoms with Gasteiger partial charge in [0.1, 0.15) is 0 Å². The number of nitrogens with zero attached hydrogens (tertiary/aromatic N) is 3. The van der Waals surface area contributed by atoms with Crippen molar-refractivity contribution < 1.29 is 4.79 Å². The van der Waals surface area contributed by atoms with Crippen LogP contribution in [0.15, 0.2) is 23.7 Å². The van der Waals surface area contributed by atoms with Gasteiger partial charge in [-0.3, -0.25) is 4.79 Å². The van der Waals surface area contributed by atoms with E-state index >= 15 is 0 Å². The number of anilines is 2. The van der Waals surface area contributed by atoms with Crippen molar-refractivity contribution in [3.05, 3.63) is 28.7 Å². The fourth-order valence-corrected chi connectivity index (χ4v) is 3.08. The monoisotopic (exact) mass is 305 g/mol. The lowest BCUT2D eigenvalue weighted by atomic mass is 10.3. The van der Waals surface area contributed by atoms with E-state index in [-0.39, 0.29) is 5.91 Å². The van der Waals surface area contributed by atoms with Crippen molar-refractivity contribution in [2.45, 2.75) is 6.92 Å². The maximum atomic E-state index is 12.1. The standard InChI is InChI=1S/C12H11N5OS2/c1-2-13-12-17-16-11(20-12)10(18)15-7-3-4-8-9(5-7)19-6-14-8/h3-6H,2H2,1H3,(H,13,17)(H,15,18). The van der Waals surface area contributed by atoms with Crippen molar-refractivity contribution in [2.24, 2.45) is 0 Å². The molecular formula is C12H11N5OS2. The van der Waals surface area contributed by atoms with Crippen LogP contribution in [0.3, 0.4) is 0 Å². The topological polar surface area (TPSA) is 79.8 Å². The summed E-state index contributed by atoms with van der Waals surface area (Å²) in [5, 5.41) is 14.6. The predicted octanol–water partition coefficient (Wildman–Crippen LogP) is 2.83. The second-order valence-corrected chi connectivity index (χ2v) is 5.80. The van der Waals surface area contributed by atoms with Gasteiger partial charge in [-0.1, -0.05) is 11.3 Å². The lowest BCUT2D eigenvalue weighted by molar-refractivity contribution is 0.102. The molecule has 2 N–H and O–H groups in total. The highest BCUT2D eigenvalue weighted by Crippen LogP contribution is 2.23. The van der Waals surface area contributed by atoms with Crippen LogP contribution < -0.4 is 10.6 Å². The number of thiazole rings is 1. The summed E-state index contributed by atoms with van der Waals surface area (Å²) >= 11 is 2.77. The molecule has 6 nitrogen and oxygen atoms in total. The van der Waals surface area contributed by atoms with Gasteiger partial charge in [0, 0.05) is 12.2 Å². The minimum Gasteiger partial charge on any atom is -0.360 e. The van der Waals surface area contributed by atoms with Gasteiger partial charge in [0.25, 0.3) is 5.91 Å². The Morgan fingerprint density at radius 2 is 2.25 bits per heavy atom. The van der Waals surface area contributed by atoms with Crippen LogP contribution >= 0.6 is 22.7 Å². The quantitative estimate of drug-likeness (QED) is 0.775. The first kappa shape index (κ1) is 12.9. The van der Waals surface area contributed by atoms with Crippen LogP contribution in [0.4, 0.5) is 10.8 Å². The maximum Gasteiger partial charge on any atom is 0.286 e. The molecule has 0 aliphatic carbocycles. The van der Waals surface area contributed by atoms with Gasteiger partial charge in [0.2, 0.25) is 10.1 Å². The van der Waals surface area contributed by atoms with Gasteiger partial charge in [0.15, 0.2) is 0 Å². The molecule has 0 atom stereocenters. The molecule has 0 bridgehead atoms. The van der Waals surface area contributed by atoms with Crippen molar-refractivity contribution in [3.8, 4) is 0 Å². The third kappa shape index (κ3) is 2.61. The van der Waals surface area contributed by atoms with Crippen LogP contribution in [-0.2, 0) is 0 Å². The normalized spacial score (nSPS) is 10.7. The number of fused-ring (bicyclic) bond motifs is 1. The summed E-state index contributed by atoms with van der Waals surface area (Å²) < 4.78 is 1.04. The van der Waals surface area contributed by atoms with Crippen LogP contribution in [0.2, 0.25) is 0 Å². The molecule has 2 aromatic heterocycles. The minimum atomic E-state index is -0.254. The first-order chi connectivity index (χ1) is 9.76. The summed E-state index contributed by atoms with van der Waals surface area (Å²) in [4.78, 5) is 16.3. The zero-order chi connectivity index (χ0) is 13.9. The summed E-state index contributed by atoms with van der Waals surface area (Å²) in [5.74, 6) is -0.254. The Morgan fingerprint density at radius 1 is 1.35 bits per heavy atom. The van der Waals surface area contributed by atoms with Crippen molar-refractivity contribution in [1.29, 1.82) is 0 Å². The molecular weight excluding hydrogens is 294 g/mol. The summed E-state index contributed by atoms with van der Waals surface area (Å²) in [5.41, 5.74) is 3.44. The van der Waals surface area contributed by atoms with Crippen LogP contribution in [0.25, 0.3) is 10.2 Å². The number of carbonyl (C=O) groups excluding carboxylic acids is 1. The third-order valence-corrected chi connectivity index (χ3v) is 4.21. The summed E-state index contributed by atoms with van der Waals surface area (Å²) in [6, 6.07) is 5.61. The van der Waals surface area contributed by atoms with E-state index < -0.39 is 0 Å². The molecule has 0 fully saturated rings. The van der Waals surface area contributed by atoms with Crippen LogP contribution in [0, 0.1) is 0 Å². The molecule has 0 saturated carbocycles. The molecule has 8 heteroatoms. The number of nitrogens with one attached hydrogen (secondary N) is 2. The Hall–Kier alpha value is -2.06. The molecule has 0 saturated heterocycles. The van der Waals surface area contributed by atoms with E-state index in [4.69, 9.17) is 0 Å². The molecule has 0 aliphatic rings. The van der Waals surface area contributed by atoms with E-state index in [9.17, 15) is 4.79 Å². The summed E-state index contributed by atoms with van der Waals surface area (Å²) in [7, 11) is 0. The molecule has 3 aromatic rings. The van der Waals surface area contributed by atoms with Gasteiger partial charge in [-0.05, 0) is 25.1 Å². The van der Waals surface area contributed by atoms with E-state index in [0.717, 1.165) is 22.4 Å². The Labute approximate surface area is 122 Å². The average molecular weight is 305 g/mol. The number of rotatable bonds is 4. The third-order valence-electron chi connectivity index (χ3n) is 2.54. The lowest BCUT2D eigenvalue weighted by Gasteiger charge is -2.01. The number of aromatic nitrogens is 3. The van der Waals surface area contributed by atoms with E-state index in [0.29, 0.717) is 10.1 Å². The van der Waals surface area contributed by atoms with Crippen molar-refractivity contribution in [1.82, 2.24) is 15.2 Å². The summed E-state index contributed by atoms with van der Waals surface area (Å²) in [6.07, 6.45) is 0. The van der Waals surface area contributed by atoms with Crippen molar-refractivity contribution in [3.63, 3.8) is 0 Å². The first-order valence-electron chi connectivity index (χ1n) is 5.98. The number of benzene rings is 1. The zero-order valence-corrected chi connectivity index (χ0v) is 12.2. The summed E-state index contributed by atoms with van der Waals surface area (Å²) in [6.45, 7) is 2.71. The van der Waals surface area contributed by atoms with E-state index in [2.05, 4.69) is 25.8 Å². The maximum absolute atomic E-state index is 12.1. The zero-order valence-electron chi connectivity index (χ0n) is 10.6. The first-order valence-corrected chi connectivity index (χ1v) is 7.68. The number of hydrogen-bond acceptors (Lipinski definition) is 7. The van der Waals surface area contributed by atoms with Gasteiger partial charge in [-0.2, -0.15) is 0 Å². The fourth-order valence-electron chi connectivity index (χ4n) is 1.66. The molecule has 20 heavy (non-hydrogen) atoms. The van der Waals surface area contributed by atoms with E-state index in [1.807, 2.05) is 25.1 Å². The Kier molecular flexibility index (Phi) is 3.57. The van der Waals surface area contributed by atoms with Gasteiger partial charge in [0.05, 0.1) is 15.7 Å². The molecule has 3 rings (SSSR count). The van der Waals surface area contributed by atoms with Crippen LogP contribution in [-0.4, -0.2) is 27.6 Å². The molecule has 0 aliphatic heterocycles. The molecule has 0 radical (unpaired) electrons. The SMILES string of the molecule is CCNc1nnc(C(=O)Nc2ccc3ncsc3c2)s1. The highest BCUT2D eigenvalue weighted by Gasteiger charge is 2.13. The lowest BCUT2D eigenvalue weighted by Crippen LogP contribution is -2.11. The van der Waals surface area contributed by atoms with Crippen molar-refractivity contribution in [2.75, 3.05) is 17.2 Å². The van der Waals surface area contributed by atoms with E-state index in [1.165, 1.54) is 22.7 Å². The van der Waals surface area contributed by atoms with Crippen LogP contribution in [0.5, 0.6) is 0 Å². The van der Waals surface area contributed by atoms with Crippen molar-refractivity contribution >= 4 is 49.6 Å². The van der Waals surface area contributed by atoms with Gasteiger partial charge < -0.3 is 10.6 Å². The Morgan fingerprint density at radius 3 is 3.10 bits per heavy atom. The largest absolute Gasteiger partial charge is 0.360 e. The average Bonchev–Trinajstić information content (AvgIpc) is 3.07. The minimum absolute atomic E-state index is 0.254. The van der Waals surface area contributed by atoms with Gasteiger partial charge in [-0.15, -0.1) is 21.5 Å². The molecule has 102 valence electrons. The molecule has 2 heterocycles. The van der Waals surface area contributed by atoms with Crippen LogP contribution in [0.1, 0.15) is 16.7 Å². The number of carbonyl (C=O) groups is 1. The predicted molar refractivity (Wildman–Crippen MR) is 81.6 cm³/mol. The second-order valence-electron chi connectivity index (χ2n) is 3.93.